The maximum atomic E-state index is 10.7. The number of ether oxygens (including phenoxy) is 1. The largest absolute Gasteiger partial charge is 0.463 e. The highest BCUT2D eigenvalue weighted by Gasteiger charge is 1.90. The summed E-state index contributed by atoms with van der Waals surface area (Å²) in [5, 5.41) is 3.02. The predicted octanol–water partition coefficient (Wildman–Crippen LogP) is 0.881. The molecule has 0 saturated heterocycles. The first-order valence-corrected chi connectivity index (χ1v) is 3.96. The zero-order valence-electron chi connectivity index (χ0n) is 7.38. The van der Waals surface area contributed by atoms with E-state index in [4.69, 9.17) is 0 Å². The minimum atomic E-state index is -0.294. The van der Waals surface area contributed by atoms with Gasteiger partial charge >= 0.3 is 5.97 Å². The van der Waals surface area contributed by atoms with Crippen molar-refractivity contribution < 1.29 is 9.53 Å². The summed E-state index contributed by atoms with van der Waals surface area (Å²) in [5.41, 5.74) is 0. The van der Waals surface area contributed by atoms with Gasteiger partial charge in [0.2, 0.25) is 0 Å². The molecule has 0 amide bonds. The van der Waals surface area contributed by atoms with Crippen LogP contribution >= 0.6 is 0 Å². The van der Waals surface area contributed by atoms with Gasteiger partial charge in [-0.15, -0.1) is 6.58 Å². The van der Waals surface area contributed by atoms with Crippen molar-refractivity contribution in [1.29, 1.82) is 0 Å². The third-order valence-corrected chi connectivity index (χ3v) is 1.09. The van der Waals surface area contributed by atoms with Crippen LogP contribution in [0.3, 0.4) is 0 Å². The second-order valence-electron chi connectivity index (χ2n) is 2.10. The first kappa shape index (κ1) is 10.9. The Kier molecular flexibility index (Phi) is 7.28. The second-order valence-corrected chi connectivity index (χ2v) is 2.10. The van der Waals surface area contributed by atoms with Gasteiger partial charge in [0.25, 0.3) is 0 Å². The molecule has 0 unspecified atom stereocenters. The molecule has 0 saturated carbocycles. The molecule has 0 spiro atoms. The van der Waals surface area contributed by atoms with Crippen molar-refractivity contribution >= 4 is 5.97 Å². The van der Waals surface area contributed by atoms with Crippen molar-refractivity contribution in [1.82, 2.24) is 5.32 Å². The Hall–Kier alpha value is -1.09. The Bertz CT molecular complexity index is 164. The number of nitrogens with one attached hydrogen (secondary N) is 1. The van der Waals surface area contributed by atoms with Gasteiger partial charge in [-0.25, -0.2) is 4.79 Å². The zero-order chi connectivity index (χ0) is 9.23. The maximum Gasteiger partial charge on any atom is 0.330 e. The van der Waals surface area contributed by atoms with Crippen LogP contribution in [0.1, 0.15) is 6.92 Å². The molecule has 0 fully saturated rings. The molecule has 68 valence electrons. The van der Waals surface area contributed by atoms with Crippen LogP contribution in [0.15, 0.2) is 24.8 Å². The fraction of sp³-hybridized carbons (Fsp3) is 0.444. The van der Waals surface area contributed by atoms with Gasteiger partial charge in [-0.1, -0.05) is 12.2 Å². The van der Waals surface area contributed by atoms with Crippen LogP contribution < -0.4 is 5.32 Å². The van der Waals surface area contributed by atoms with Crippen LogP contribution in [0.2, 0.25) is 0 Å². The third kappa shape index (κ3) is 7.02. The lowest BCUT2D eigenvalue weighted by Gasteiger charge is -1.95. The minimum Gasteiger partial charge on any atom is -0.463 e. The topological polar surface area (TPSA) is 38.3 Å². The summed E-state index contributed by atoms with van der Waals surface area (Å²) in [7, 11) is 0. The van der Waals surface area contributed by atoms with E-state index in [0.717, 1.165) is 6.54 Å². The van der Waals surface area contributed by atoms with Crippen LogP contribution in [0.25, 0.3) is 0 Å². The smallest absolute Gasteiger partial charge is 0.330 e. The number of carbonyl (C=O) groups excluding carboxylic acids is 1. The van der Waals surface area contributed by atoms with E-state index in [9.17, 15) is 4.79 Å². The summed E-state index contributed by atoms with van der Waals surface area (Å²) in [6, 6.07) is 0. The van der Waals surface area contributed by atoms with E-state index in [1.807, 2.05) is 0 Å². The van der Waals surface area contributed by atoms with E-state index in [-0.39, 0.29) is 5.97 Å². The summed E-state index contributed by atoms with van der Waals surface area (Å²) in [4.78, 5) is 10.7. The molecule has 0 atom stereocenters. The van der Waals surface area contributed by atoms with E-state index in [0.29, 0.717) is 13.2 Å². The number of rotatable bonds is 6. The van der Waals surface area contributed by atoms with Gasteiger partial charge in [-0.2, -0.15) is 0 Å². The predicted molar refractivity (Wildman–Crippen MR) is 48.8 cm³/mol. The summed E-state index contributed by atoms with van der Waals surface area (Å²) in [6.45, 7) is 7.14. The van der Waals surface area contributed by atoms with Gasteiger partial charge in [-0.3, -0.25) is 0 Å². The molecule has 12 heavy (non-hydrogen) atoms. The molecule has 0 aliphatic rings. The van der Waals surface area contributed by atoms with Crippen LogP contribution in [-0.2, 0) is 9.53 Å². The Labute approximate surface area is 73.1 Å². The van der Waals surface area contributed by atoms with Crippen LogP contribution in [0.5, 0.6) is 0 Å². The van der Waals surface area contributed by atoms with Crippen molar-refractivity contribution in [3.63, 3.8) is 0 Å². The van der Waals surface area contributed by atoms with Crippen molar-refractivity contribution in [3.8, 4) is 0 Å². The van der Waals surface area contributed by atoms with E-state index in [1.165, 1.54) is 6.08 Å². The maximum absolute atomic E-state index is 10.7. The molecule has 0 aromatic heterocycles. The number of carbonyl (C=O) groups is 1. The van der Waals surface area contributed by atoms with Crippen molar-refractivity contribution in [2.24, 2.45) is 0 Å². The molecule has 0 bridgehead atoms. The zero-order valence-corrected chi connectivity index (χ0v) is 7.38. The molecule has 3 nitrogen and oxygen atoms in total. The Morgan fingerprint density at radius 3 is 2.92 bits per heavy atom. The Balaban J connectivity index is 3.34. The highest BCUT2D eigenvalue weighted by Crippen LogP contribution is 1.79. The molecular weight excluding hydrogens is 154 g/mol. The molecule has 0 aliphatic carbocycles. The lowest BCUT2D eigenvalue weighted by atomic mass is 10.5. The lowest BCUT2D eigenvalue weighted by Crippen LogP contribution is -2.13. The molecule has 0 rings (SSSR count). The average molecular weight is 169 g/mol. The van der Waals surface area contributed by atoms with Crippen molar-refractivity contribution in [3.05, 3.63) is 24.8 Å². The number of hydrogen-bond donors (Lipinski definition) is 1. The standard InChI is InChI=1S/C9H15NO2/c1-3-7-10-8-5-6-9(11)12-4-2/h3,5-6,10H,1,4,7-8H2,2H3/b6-5+. The van der Waals surface area contributed by atoms with Gasteiger partial charge < -0.3 is 10.1 Å². The van der Waals surface area contributed by atoms with E-state index < -0.39 is 0 Å². The molecule has 0 heterocycles. The normalized spacial score (nSPS) is 10.1. The molecule has 1 N–H and O–H groups in total. The third-order valence-electron chi connectivity index (χ3n) is 1.09. The summed E-state index contributed by atoms with van der Waals surface area (Å²) >= 11 is 0. The average Bonchev–Trinajstić information content (AvgIpc) is 2.05. The quantitative estimate of drug-likeness (QED) is 0.277. The lowest BCUT2D eigenvalue weighted by molar-refractivity contribution is -0.137. The van der Waals surface area contributed by atoms with E-state index >= 15 is 0 Å². The Morgan fingerprint density at radius 2 is 2.33 bits per heavy atom. The fourth-order valence-electron chi connectivity index (χ4n) is 0.614. The fourth-order valence-corrected chi connectivity index (χ4v) is 0.614. The second kappa shape index (κ2) is 8.01. The molecule has 0 aromatic rings. The molecule has 3 heteroatoms. The van der Waals surface area contributed by atoms with Crippen molar-refractivity contribution in [2.45, 2.75) is 6.92 Å². The summed E-state index contributed by atoms with van der Waals surface area (Å²) < 4.78 is 4.67. The molecule has 0 aliphatic heterocycles. The summed E-state index contributed by atoms with van der Waals surface area (Å²) in [6.07, 6.45) is 4.90. The Morgan fingerprint density at radius 1 is 1.58 bits per heavy atom. The van der Waals surface area contributed by atoms with E-state index in [1.54, 1.807) is 19.1 Å². The highest BCUT2D eigenvalue weighted by molar-refractivity contribution is 5.81. The van der Waals surface area contributed by atoms with Crippen molar-refractivity contribution in [2.75, 3.05) is 19.7 Å². The molecule has 0 radical (unpaired) electrons. The van der Waals surface area contributed by atoms with Gasteiger partial charge in [0.05, 0.1) is 6.61 Å². The highest BCUT2D eigenvalue weighted by atomic mass is 16.5. The summed E-state index contributed by atoms with van der Waals surface area (Å²) in [5.74, 6) is -0.294. The van der Waals surface area contributed by atoms with Crippen LogP contribution in [0.4, 0.5) is 0 Å². The van der Waals surface area contributed by atoms with Gasteiger partial charge in [-0.05, 0) is 6.92 Å². The molecule has 0 aromatic carbocycles. The van der Waals surface area contributed by atoms with Gasteiger partial charge in [0, 0.05) is 19.2 Å². The minimum absolute atomic E-state index is 0.294. The number of hydrogen-bond acceptors (Lipinski definition) is 3. The molecular formula is C9H15NO2. The SMILES string of the molecule is C=CCNC/C=C/C(=O)OCC. The first-order valence-electron chi connectivity index (χ1n) is 3.96. The van der Waals surface area contributed by atoms with Gasteiger partial charge in [0.1, 0.15) is 0 Å². The van der Waals surface area contributed by atoms with E-state index in [2.05, 4.69) is 16.6 Å². The van der Waals surface area contributed by atoms with Crippen LogP contribution in [0, 0.1) is 0 Å². The first-order chi connectivity index (χ1) is 5.81. The van der Waals surface area contributed by atoms with Crippen LogP contribution in [-0.4, -0.2) is 25.7 Å². The monoisotopic (exact) mass is 169 g/mol. The van der Waals surface area contributed by atoms with Gasteiger partial charge in [0.15, 0.2) is 0 Å². The number of esters is 1.